The topological polar surface area (TPSA) is 101 Å². The molecule has 0 spiro atoms. The third-order valence-electron chi connectivity index (χ3n) is 1.99. The maximum Gasteiger partial charge on any atom is 0.219 e. The third kappa shape index (κ3) is 8.03. The van der Waals surface area contributed by atoms with E-state index in [1.807, 2.05) is 0 Å². The average molecular weight is 292 g/mol. The number of hydrazine groups is 1. The monoisotopic (exact) mass is 292 g/mol. The van der Waals surface area contributed by atoms with Gasteiger partial charge in [0.05, 0.1) is 39.6 Å². The molecule has 0 fully saturated rings. The molecule has 3 N–H and O–H groups in total. The van der Waals surface area contributed by atoms with Crippen molar-refractivity contribution in [3.63, 3.8) is 0 Å². The van der Waals surface area contributed by atoms with Gasteiger partial charge in [-0.15, -0.1) is 10.2 Å². The second kappa shape index (κ2) is 11.0. The molecule has 0 atom stereocenters. The lowest BCUT2D eigenvalue weighted by molar-refractivity contribution is 0.000794. The van der Waals surface area contributed by atoms with Crippen molar-refractivity contribution in [3.8, 4) is 0 Å². The number of ether oxygens (including phenoxy) is 4. The van der Waals surface area contributed by atoms with E-state index in [-0.39, 0.29) is 0 Å². The van der Waals surface area contributed by atoms with Crippen LogP contribution in [-0.4, -0.2) is 56.9 Å². The number of nitrogens with two attached hydrogens (primary N) is 1. The smallest absolute Gasteiger partial charge is 0.219 e. The lowest BCUT2D eigenvalue weighted by Gasteiger charge is -2.05. The number of rotatable bonds is 12. The average Bonchev–Trinajstić information content (AvgIpc) is 2.89. The Morgan fingerprint density at radius 3 is 2.21 bits per heavy atom. The van der Waals surface area contributed by atoms with Crippen molar-refractivity contribution in [3.05, 3.63) is 5.01 Å². The van der Waals surface area contributed by atoms with Crippen molar-refractivity contribution in [2.24, 2.45) is 5.84 Å². The Kier molecular flexibility index (Phi) is 9.41. The van der Waals surface area contributed by atoms with E-state index in [0.29, 0.717) is 51.4 Å². The first-order chi connectivity index (χ1) is 9.36. The molecule has 9 heteroatoms. The molecule has 0 aliphatic rings. The zero-order chi connectivity index (χ0) is 13.8. The van der Waals surface area contributed by atoms with Crippen molar-refractivity contribution in [1.29, 1.82) is 0 Å². The Bertz CT molecular complexity index is 326. The van der Waals surface area contributed by atoms with Gasteiger partial charge in [-0.3, -0.25) is 5.43 Å². The molecule has 8 nitrogen and oxygen atoms in total. The second-order valence-corrected chi connectivity index (χ2v) is 4.48. The van der Waals surface area contributed by atoms with Gasteiger partial charge < -0.3 is 18.9 Å². The SMILES string of the molecule is COCCOCCOCCOCc1nnc(NN)s1. The number of aromatic nitrogens is 2. The summed E-state index contributed by atoms with van der Waals surface area (Å²) in [7, 11) is 1.64. The second-order valence-electron chi connectivity index (χ2n) is 3.42. The van der Waals surface area contributed by atoms with Crippen LogP contribution in [0.1, 0.15) is 5.01 Å². The van der Waals surface area contributed by atoms with Crippen molar-refractivity contribution in [2.45, 2.75) is 6.61 Å². The maximum atomic E-state index is 5.38. The fourth-order valence-electron chi connectivity index (χ4n) is 1.11. The van der Waals surface area contributed by atoms with Crippen LogP contribution in [0.4, 0.5) is 5.13 Å². The molecule has 1 aromatic heterocycles. The number of anilines is 1. The van der Waals surface area contributed by atoms with Crippen molar-refractivity contribution in [2.75, 3.05) is 52.2 Å². The van der Waals surface area contributed by atoms with E-state index in [4.69, 9.17) is 24.8 Å². The highest BCUT2D eigenvalue weighted by Gasteiger charge is 2.02. The molecule has 0 bridgehead atoms. The van der Waals surface area contributed by atoms with Crippen molar-refractivity contribution in [1.82, 2.24) is 10.2 Å². The minimum absolute atomic E-state index is 0.410. The predicted molar refractivity (Wildman–Crippen MR) is 70.9 cm³/mol. The van der Waals surface area contributed by atoms with Crippen LogP contribution in [0, 0.1) is 0 Å². The summed E-state index contributed by atoms with van der Waals surface area (Å²) in [6.07, 6.45) is 0. The van der Waals surface area contributed by atoms with Gasteiger partial charge in [0.2, 0.25) is 5.13 Å². The lowest BCUT2D eigenvalue weighted by atomic mass is 10.7. The van der Waals surface area contributed by atoms with Gasteiger partial charge in [-0.25, -0.2) is 5.84 Å². The summed E-state index contributed by atoms with van der Waals surface area (Å²) in [5.41, 5.74) is 2.43. The van der Waals surface area contributed by atoms with Gasteiger partial charge in [-0.05, 0) is 0 Å². The normalized spacial score (nSPS) is 10.8. The van der Waals surface area contributed by atoms with Gasteiger partial charge in [-0.2, -0.15) is 0 Å². The van der Waals surface area contributed by atoms with Crippen LogP contribution in [0.5, 0.6) is 0 Å². The highest BCUT2D eigenvalue weighted by Crippen LogP contribution is 2.13. The number of nitrogens with zero attached hydrogens (tertiary/aromatic N) is 2. The van der Waals surface area contributed by atoms with Crippen LogP contribution in [0.25, 0.3) is 0 Å². The van der Waals surface area contributed by atoms with Gasteiger partial charge in [0.15, 0.2) is 0 Å². The van der Waals surface area contributed by atoms with Crippen LogP contribution in [0.3, 0.4) is 0 Å². The van der Waals surface area contributed by atoms with E-state index in [9.17, 15) is 0 Å². The first kappa shape index (κ1) is 16.2. The number of nitrogens with one attached hydrogen (secondary N) is 1. The first-order valence-corrected chi connectivity index (χ1v) is 6.69. The lowest BCUT2D eigenvalue weighted by Crippen LogP contribution is -2.11. The minimum Gasteiger partial charge on any atom is -0.382 e. The molecule has 0 aromatic carbocycles. The summed E-state index contributed by atoms with van der Waals surface area (Å²) >= 11 is 1.36. The third-order valence-corrected chi connectivity index (χ3v) is 2.82. The Labute approximate surface area is 116 Å². The Morgan fingerprint density at radius 2 is 1.63 bits per heavy atom. The molecule has 19 heavy (non-hydrogen) atoms. The molecule has 0 unspecified atom stereocenters. The maximum absolute atomic E-state index is 5.38. The number of nitrogen functional groups attached to an aromatic ring is 1. The van der Waals surface area contributed by atoms with Gasteiger partial charge >= 0.3 is 0 Å². The van der Waals surface area contributed by atoms with Gasteiger partial charge in [0, 0.05) is 7.11 Å². The first-order valence-electron chi connectivity index (χ1n) is 5.88. The molecule has 0 aliphatic heterocycles. The Balaban J connectivity index is 1.86. The summed E-state index contributed by atoms with van der Waals surface area (Å²) in [6, 6.07) is 0. The molecular weight excluding hydrogens is 272 g/mol. The quantitative estimate of drug-likeness (QED) is 0.316. The number of hydrogen-bond donors (Lipinski definition) is 2. The van der Waals surface area contributed by atoms with E-state index in [1.54, 1.807) is 7.11 Å². The van der Waals surface area contributed by atoms with E-state index >= 15 is 0 Å². The van der Waals surface area contributed by atoms with Crippen LogP contribution >= 0.6 is 11.3 Å². The molecule has 1 rings (SSSR count). The van der Waals surface area contributed by atoms with Gasteiger partial charge in [-0.1, -0.05) is 11.3 Å². The minimum atomic E-state index is 0.410. The van der Waals surface area contributed by atoms with Crippen molar-refractivity contribution >= 4 is 16.5 Å². The van der Waals surface area contributed by atoms with Crippen LogP contribution in [0.2, 0.25) is 0 Å². The van der Waals surface area contributed by atoms with Gasteiger partial charge in [0.25, 0.3) is 0 Å². The van der Waals surface area contributed by atoms with E-state index in [0.717, 1.165) is 5.01 Å². The fourth-order valence-corrected chi connectivity index (χ4v) is 1.70. The zero-order valence-corrected chi connectivity index (χ0v) is 11.8. The molecule has 110 valence electrons. The summed E-state index contributed by atoms with van der Waals surface area (Å²) in [4.78, 5) is 0. The van der Waals surface area contributed by atoms with Crippen LogP contribution < -0.4 is 11.3 Å². The summed E-state index contributed by atoms with van der Waals surface area (Å²) in [5.74, 6) is 5.19. The largest absolute Gasteiger partial charge is 0.382 e. The molecule has 0 aliphatic carbocycles. The summed E-state index contributed by atoms with van der Waals surface area (Å²) < 4.78 is 20.8. The Hall–Kier alpha value is -0.840. The molecule has 0 saturated carbocycles. The summed E-state index contributed by atoms with van der Waals surface area (Å²) in [6.45, 7) is 3.73. The molecule has 1 heterocycles. The van der Waals surface area contributed by atoms with E-state index in [2.05, 4.69) is 15.6 Å². The molecule has 0 saturated heterocycles. The van der Waals surface area contributed by atoms with Crippen molar-refractivity contribution < 1.29 is 18.9 Å². The molecule has 0 amide bonds. The predicted octanol–water partition coefficient (Wildman–Crippen LogP) is 0.0199. The fraction of sp³-hybridized carbons (Fsp3) is 0.800. The van der Waals surface area contributed by atoms with E-state index < -0.39 is 0 Å². The highest BCUT2D eigenvalue weighted by molar-refractivity contribution is 7.15. The molecule has 0 radical (unpaired) electrons. The Morgan fingerprint density at radius 1 is 1.00 bits per heavy atom. The van der Waals surface area contributed by atoms with Crippen LogP contribution in [0.15, 0.2) is 0 Å². The summed E-state index contributed by atoms with van der Waals surface area (Å²) in [5, 5.41) is 9.03. The highest BCUT2D eigenvalue weighted by atomic mass is 32.1. The number of methoxy groups -OCH3 is 1. The number of hydrogen-bond acceptors (Lipinski definition) is 9. The zero-order valence-electron chi connectivity index (χ0n) is 11.0. The standard InChI is InChI=1S/C10H20N4O4S/c1-15-2-3-16-4-5-17-6-7-18-8-9-13-14-10(12-11)19-9/h2-8,11H2,1H3,(H,12,14). The molecule has 1 aromatic rings. The van der Waals surface area contributed by atoms with E-state index in [1.165, 1.54) is 11.3 Å². The molecular formula is C10H20N4O4S. The van der Waals surface area contributed by atoms with Crippen LogP contribution in [-0.2, 0) is 25.6 Å². The van der Waals surface area contributed by atoms with Gasteiger partial charge in [0.1, 0.15) is 11.6 Å².